The predicted molar refractivity (Wildman–Crippen MR) is 34.0 cm³/mol. The van der Waals surface area contributed by atoms with E-state index >= 15 is 0 Å². The predicted octanol–water partition coefficient (Wildman–Crippen LogP) is 1.57. The van der Waals surface area contributed by atoms with Crippen molar-refractivity contribution in [3.8, 4) is 0 Å². The van der Waals surface area contributed by atoms with Crippen LogP contribution >= 0.6 is 0 Å². The third-order valence-electron chi connectivity index (χ3n) is 1.46. The standard InChI is InChI=1S/C7H9FO2/c1-4-5(8)6(9)7(2,3)10-4/h1-3H3. The molecule has 1 aliphatic rings. The monoisotopic (exact) mass is 144 g/mol. The molecule has 0 spiro atoms. The van der Waals surface area contributed by atoms with Gasteiger partial charge in [0.25, 0.3) is 0 Å². The number of hydrogen-bond donors (Lipinski definition) is 0. The van der Waals surface area contributed by atoms with Gasteiger partial charge in [0.15, 0.2) is 5.60 Å². The van der Waals surface area contributed by atoms with Crippen molar-refractivity contribution in [2.75, 3.05) is 0 Å². The number of hydrogen-bond acceptors (Lipinski definition) is 2. The Balaban J connectivity index is 2.99. The highest BCUT2D eigenvalue weighted by Crippen LogP contribution is 2.29. The maximum absolute atomic E-state index is 12.6. The Morgan fingerprint density at radius 3 is 2.10 bits per heavy atom. The smallest absolute Gasteiger partial charge is 0.237 e. The summed E-state index contributed by atoms with van der Waals surface area (Å²) in [4.78, 5) is 10.9. The van der Waals surface area contributed by atoms with Gasteiger partial charge in [0.1, 0.15) is 5.76 Å². The van der Waals surface area contributed by atoms with Crippen LogP contribution in [0.4, 0.5) is 4.39 Å². The van der Waals surface area contributed by atoms with Crippen molar-refractivity contribution in [2.24, 2.45) is 0 Å². The highest BCUT2D eigenvalue weighted by Gasteiger charge is 2.40. The minimum absolute atomic E-state index is 0.0926. The van der Waals surface area contributed by atoms with Gasteiger partial charge in [-0.25, -0.2) is 0 Å². The summed E-state index contributed by atoms with van der Waals surface area (Å²) in [7, 11) is 0. The summed E-state index contributed by atoms with van der Waals surface area (Å²) < 4.78 is 17.5. The molecule has 0 aromatic carbocycles. The van der Waals surface area contributed by atoms with E-state index in [-0.39, 0.29) is 5.76 Å². The Labute approximate surface area is 58.7 Å². The molecule has 2 nitrogen and oxygen atoms in total. The molecule has 0 N–H and O–H groups in total. The lowest BCUT2D eigenvalue weighted by molar-refractivity contribution is -0.128. The van der Waals surface area contributed by atoms with Crippen LogP contribution in [0.3, 0.4) is 0 Å². The Hall–Kier alpha value is -0.860. The maximum Gasteiger partial charge on any atom is 0.237 e. The molecule has 0 fully saturated rings. The Bertz CT molecular complexity index is 216. The minimum Gasteiger partial charge on any atom is -0.481 e. The fraction of sp³-hybridized carbons (Fsp3) is 0.571. The van der Waals surface area contributed by atoms with Crippen molar-refractivity contribution in [1.82, 2.24) is 0 Å². The molecule has 0 aromatic heterocycles. The zero-order valence-electron chi connectivity index (χ0n) is 6.19. The van der Waals surface area contributed by atoms with Gasteiger partial charge in [-0.15, -0.1) is 0 Å². The summed E-state index contributed by atoms with van der Waals surface area (Å²) in [5.41, 5.74) is -0.992. The average molecular weight is 144 g/mol. The first kappa shape index (κ1) is 7.25. The van der Waals surface area contributed by atoms with E-state index in [1.54, 1.807) is 13.8 Å². The Morgan fingerprint density at radius 1 is 1.50 bits per heavy atom. The molecular formula is C7H9FO2. The van der Waals surface area contributed by atoms with Crippen LogP contribution in [-0.2, 0) is 9.53 Å². The molecule has 3 heteroatoms. The van der Waals surface area contributed by atoms with Crippen LogP contribution in [0.2, 0.25) is 0 Å². The molecule has 1 aliphatic heterocycles. The highest BCUT2D eigenvalue weighted by molar-refractivity contribution is 6.01. The van der Waals surface area contributed by atoms with Crippen molar-refractivity contribution in [3.63, 3.8) is 0 Å². The summed E-state index contributed by atoms with van der Waals surface area (Å²) in [6.45, 7) is 4.54. The van der Waals surface area contributed by atoms with E-state index in [9.17, 15) is 9.18 Å². The fourth-order valence-electron chi connectivity index (χ4n) is 0.898. The molecule has 10 heavy (non-hydrogen) atoms. The maximum atomic E-state index is 12.6. The normalized spacial score (nSPS) is 23.4. The molecule has 0 saturated heterocycles. The third kappa shape index (κ3) is 0.818. The molecule has 0 aliphatic carbocycles. The van der Waals surface area contributed by atoms with E-state index in [0.29, 0.717) is 0 Å². The van der Waals surface area contributed by atoms with E-state index in [0.717, 1.165) is 0 Å². The number of Topliss-reactive ketones (excluding diaryl/α,β-unsaturated/α-hetero) is 1. The second-order valence-corrected chi connectivity index (χ2v) is 2.81. The van der Waals surface area contributed by atoms with E-state index < -0.39 is 17.2 Å². The Morgan fingerprint density at radius 2 is 2.00 bits per heavy atom. The van der Waals surface area contributed by atoms with Crippen LogP contribution < -0.4 is 0 Å². The van der Waals surface area contributed by atoms with Gasteiger partial charge in [-0.3, -0.25) is 4.79 Å². The first-order valence-electron chi connectivity index (χ1n) is 3.05. The first-order chi connectivity index (χ1) is 4.45. The molecule has 56 valence electrons. The number of carbonyl (C=O) groups excluding carboxylic acids is 1. The number of ketones is 1. The molecule has 1 heterocycles. The zero-order valence-corrected chi connectivity index (χ0v) is 6.19. The second kappa shape index (κ2) is 1.81. The van der Waals surface area contributed by atoms with Crippen molar-refractivity contribution < 1.29 is 13.9 Å². The average Bonchev–Trinajstić information content (AvgIpc) is 1.95. The van der Waals surface area contributed by atoms with E-state index in [1.807, 2.05) is 0 Å². The van der Waals surface area contributed by atoms with Gasteiger partial charge in [-0.05, 0) is 20.8 Å². The number of halogens is 1. The van der Waals surface area contributed by atoms with Gasteiger partial charge in [0, 0.05) is 0 Å². The molecule has 0 saturated carbocycles. The summed E-state index contributed by atoms with van der Waals surface area (Å²) >= 11 is 0. The molecule has 0 atom stereocenters. The van der Waals surface area contributed by atoms with E-state index in [2.05, 4.69) is 0 Å². The summed E-state index contributed by atoms with van der Waals surface area (Å²) in [5, 5.41) is 0. The van der Waals surface area contributed by atoms with E-state index in [1.165, 1.54) is 6.92 Å². The molecule has 0 aromatic rings. The SMILES string of the molecule is CC1=C(F)C(=O)C(C)(C)O1. The largest absolute Gasteiger partial charge is 0.481 e. The molecule has 1 rings (SSSR count). The van der Waals surface area contributed by atoms with Crippen LogP contribution in [0.5, 0.6) is 0 Å². The molecular weight excluding hydrogens is 135 g/mol. The highest BCUT2D eigenvalue weighted by atomic mass is 19.1. The van der Waals surface area contributed by atoms with Crippen molar-refractivity contribution in [2.45, 2.75) is 26.4 Å². The van der Waals surface area contributed by atoms with Gasteiger partial charge >= 0.3 is 0 Å². The van der Waals surface area contributed by atoms with Gasteiger partial charge in [0.05, 0.1) is 0 Å². The Kier molecular flexibility index (Phi) is 1.31. The molecule has 0 amide bonds. The number of ether oxygens (including phenoxy) is 1. The number of rotatable bonds is 0. The van der Waals surface area contributed by atoms with Gasteiger partial charge in [0.2, 0.25) is 11.6 Å². The van der Waals surface area contributed by atoms with Crippen LogP contribution in [0.25, 0.3) is 0 Å². The molecule has 0 radical (unpaired) electrons. The number of allylic oxidation sites excluding steroid dienone is 1. The van der Waals surface area contributed by atoms with Crippen molar-refractivity contribution >= 4 is 5.78 Å². The third-order valence-corrected chi connectivity index (χ3v) is 1.46. The van der Waals surface area contributed by atoms with Gasteiger partial charge in [-0.1, -0.05) is 0 Å². The number of carbonyl (C=O) groups is 1. The van der Waals surface area contributed by atoms with Crippen LogP contribution in [0, 0.1) is 0 Å². The quantitative estimate of drug-likeness (QED) is 0.515. The lowest BCUT2D eigenvalue weighted by atomic mass is 10.1. The van der Waals surface area contributed by atoms with Crippen molar-refractivity contribution in [1.29, 1.82) is 0 Å². The summed E-state index contributed by atoms with van der Waals surface area (Å²) in [5.74, 6) is -1.22. The first-order valence-corrected chi connectivity index (χ1v) is 3.05. The van der Waals surface area contributed by atoms with E-state index in [4.69, 9.17) is 4.74 Å². The lowest BCUT2D eigenvalue weighted by Crippen LogP contribution is -2.28. The zero-order chi connectivity index (χ0) is 7.94. The lowest BCUT2D eigenvalue weighted by Gasteiger charge is -2.15. The summed E-state index contributed by atoms with van der Waals surface area (Å²) in [6.07, 6.45) is 0. The van der Waals surface area contributed by atoms with Crippen LogP contribution in [0.1, 0.15) is 20.8 Å². The van der Waals surface area contributed by atoms with Gasteiger partial charge in [-0.2, -0.15) is 4.39 Å². The molecule has 0 bridgehead atoms. The fourth-order valence-corrected chi connectivity index (χ4v) is 0.898. The second-order valence-electron chi connectivity index (χ2n) is 2.81. The topological polar surface area (TPSA) is 26.3 Å². The molecule has 0 unspecified atom stereocenters. The van der Waals surface area contributed by atoms with Crippen LogP contribution in [-0.4, -0.2) is 11.4 Å². The summed E-state index contributed by atoms with van der Waals surface area (Å²) in [6, 6.07) is 0. The van der Waals surface area contributed by atoms with Gasteiger partial charge < -0.3 is 4.74 Å². The minimum atomic E-state index is -0.992. The van der Waals surface area contributed by atoms with Crippen molar-refractivity contribution in [3.05, 3.63) is 11.6 Å². The van der Waals surface area contributed by atoms with Crippen LogP contribution in [0.15, 0.2) is 11.6 Å².